The van der Waals surface area contributed by atoms with E-state index in [1.165, 1.54) is 5.56 Å². The monoisotopic (exact) mass is 476 g/mol. The number of hydrogen-bond acceptors (Lipinski definition) is 1. The number of aryl methyl sites for hydroxylation is 1. The van der Waals surface area contributed by atoms with Crippen molar-refractivity contribution < 1.29 is 21.6 Å². The molecule has 0 amide bonds. The summed E-state index contributed by atoms with van der Waals surface area (Å²) in [6.07, 6.45) is 16.1. The van der Waals surface area contributed by atoms with Crippen LogP contribution in [0, 0.1) is 69.9 Å². The van der Waals surface area contributed by atoms with Gasteiger partial charge in [0, 0.05) is 16.5 Å². The summed E-state index contributed by atoms with van der Waals surface area (Å²) in [5.74, 6) is 1.05. The molecule has 0 N–H and O–H groups in total. The summed E-state index contributed by atoms with van der Waals surface area (Å²) in [6, 6.07) is 27.9. The Morgan fingerprint density at radius 3 is 1.53 bits per heavy atom. The van der Waals surface area contributed by atoms with Gasteiger partial charge in [0.15, 0.2) is 7.14 Å². The minimum atomic E-state index is -2.95. The first-order valence-electron chi connectivity index (χ1n) is 10.4. The smallest absolute Gasteiger partial charge is 0.313 e. The molecule has 2 fully saturated rings. The molecule has 0 aliphatic heterocycles. The molecule has 2 saturated carbocycles. The molecular weight excluding hydrogens is 451 g/mol. The molecule has 3 heteroatoms. The standard InChI is InChI=1S/C24H20OP.C5H5.Fe/c1-19-11-8-9-16-22(19)23-17-10-18-24(23)26(25,20-12-4-2-5-13-20)21-14-6-3-7-15-21;1-2-4-5-3-1;/h2-18H,1H3;1-5H;/q;;+2. The zero-order valence-electron chi connectivity index (χ0n) is 17.9. The maximum atomic E-state index is 14.6. The second-order valence-corrected chi connectivity index (χ2v) is 10.1. The van der Waals surface area contributed by atoms with Gasteiger partial charge >= 0.3 is 17.1 Å². The predicted molar refractivity (Wildman–Crippen MR) is 131 cm³/mol. The van der Waals surface area contributed by atoms with Crippen LogP contribution >= 0.6 is 7.14 Å². The molecule has 0 saturated heterocycles. The van der Waals surface area contributed by atoms with Crippen LogP contribution in [-0.2, 0) is 21.6 Å². The Hall–Kier alpha value is -1.59. The summed E-state index contributed by atoms with van der Waals surface area (Å²) in [5, 5.41) is 1.74. The Morgan fingerprint density at radius 2 is 1.03 bits per heavy atom. The van der Waals surface area contributed by atoms with E-state index in [1.807, 2.05) is 118 Å². The van der Waals surface area contributed by atoms with E-state index in [2.05, 4.69) is 25.5 Å². The fourth-order valence-corrected chi connectivity index (χ4v) is 6.68. The van der Waals surface area contributed by atoms with Crippen LogP contribution < -0.4 is 10.6 Å². The van der Waals surface area contributed by atoms with Gasteiger partial charge in [0.25, 0.3) is 0 Å². The third-order valence-corrected chi connectivity index (χ3v) is 8.48. The SMILES string of the molecule is Cc1ccccc1[C]1[CH][CH][CH][C]1P(=O)(c1ccccc1)c1ccccc1.[CH]1[CH][CH][CH][CH]1.[Fe+2]. The predicted octanol–water partition coefficient (Wildman–Crippen LogP) is 6.11. The van der Waals surface area contributed by atoms with Gasteiger partial charge in [-0.25, -0.2) is 0 Å². The molecule has 3 aromatic rings. The fraction of sp³-hybridized carbons (Fsp3) is 0.0345. The molecule has 32 heavy (non-hydrogen) atoms. The summed E-state index contributed by atoms with van der Waals surface area (Å²) in [5.41, 5.74) is 3.23. The average Bonchev–Trinajstić information content (AvgIpc) is 3.56. The summed E-state index contributed by atoms with van der Waals surface area (Å²) >= 11 is 0. The van der Waals surface area contributed by atoms with Crippen LogP contribution in [0.25, 0.3) is 0 Å². The third-order valence-electron chi connectivity index (χ3n) is 5.36. The second-order valence-electron chi connectivity index (χ2n) is 7.38. The van der Waals surface area contributed by atoms with E-state index in [0.717, 1.165) is 27.7 Å². The van der Waals surface area contributed by atoms with Crippen LogP contribution in [0.5, 0.6) is 0 Å². The zero-order valence-corrected chi connectivity index (χ0v) is 19.9. The maximum Gasteiger partial charge on any atom is 2.00 e. The Morgan fingerprint density at radius 1 is 0.562 bits per heavy atom. The van der Waals surface area contributed by atoms with E-state index in [-0.39, 0.29) is 17.1 Å². The van der Waals surface area contributed by atoms with E-state index in [0.29, 0.717) is 0 Å². The van der Waals surface area contributed by atoms with Gasteiger partial charge in [-0.05, 0) is 69.4 Å². The van der Waals surface area contributed by atoms with Gasteiger partial charge < -0.3 is 4.57 Å². The molecule has 0 atom stereocenters. The minimum absolute atomic E-state index is 0. The van der Waals surface area contributed by atoms with Gasteiger partial charge in [-0.15, -0.1) is 0 Å². The van der Waals surface area contributed by atoms with Crippen LogP contribution in [0.4, 0.5) is 0 Å². The molecule has 2 aliphatic rings. The van der Waals surface area contributed by atoms with E-state index in [9.17, 15) is 4.57 Å². The van der Waals surface area contributed by atoms with Gasteiger partial charge in [0.2, 0.25) is 0 Å². The molecule has 5 rings (SSSR count). The summed E-state index contributed by atoms with van der Waals surface area (Å²) in [7, 11) is -2.95. The van der Waals surface area contributed by atoms with E-state index in [1.54, 1.807) is 0 Å². The molecule has 1 nitrogen and oxygen atoms in total. The first-order chi connectivity index (χ1) is 15.2. The molecule has 3 aromatic carbocycles. The van der Waals surface area contributed by atoms with Crippen LogP contribution in [0.1, 0.15) is 11.1 Å². The molecular formula is C29H25FeOP+2. The molecule has 0 heterocycles. The van der Waals surface area contributed by atoms with Crippen molar-refractivity contribution in [2.24, 2.45) is 0 Å². The molecule has 0 spiro atoms. The summed E-state index contributed by atoms with van der Waals surface area (Å²) in [4.78, 5) is 0. The van der Waals surface area contributed by atoms with Gasteiger partial charge in [-0.1, -0.05) is 84.9 Å². The Balaban J connectivity index is 0.000000427. The maximum absolute atomic E-state index is 14.6. The third kappa shape index (κ3) is 5.48. The largest absolute Gasteiger partial charge is 2.00 e. The first-order valence-corrected chi connectivity index (χ1v) is 12.1. The van der Waals surface area contributed by atoms with Gasteiger partial charge in [0.05, 0.1) is 5.66 Å². The van der Waals surface area contributed by atoms with Gasteiger partial charge in [-0.3, -0.25) is 0 Å². The van der Waals surface area contributed by atoms with Crippen molar-refractivity contribution in [1.29, 1.82) is 0 Å². The van der Waals surface area contributed by atoms with Crippen molar-refractivity contribution in [3.8, 4) is 0 Å². The fourth-order valence-electron chi connectivity index (χ4n) is 3.81. The van der Waals surface area contributed by atoms with Crippen LogP contribution in [0.15, 0.2) is 84.9 Å². The molecule has 158 valence electrons. The molecule has 0 bridgehead atoms. The summed E-state index contributed by atoms with van der Waals surface area (Å²) < 4.78 is 14.6. The Labute approximate surface area is 204 Å². The van der Waals surface area contributed by atoms with Crippen LogP contribution in [0.2, 0.25) is 0 Å². The Bertz CT molecular complexity index is 947. The number of hydrogen-bond donors (Lipinski definition) is 0. The van der Waals surface area contributed by atoms with E-state index < -0.39 is 7.14 Å². The number of benzene rings is 3. The first kappa shape index (κ1) is 25.0. The van der Waals surface area contributed by atoms with Gasteiger partial charge in [-0.2, -0.15) is 0 Å². The molecule has 0 unspecified atom stereocenters. The zero-order chi connectivity index (χ0) is 21.5. The van der Waals surface area contributed by atoms with Crippen molar-refractivity contribution in [1.82, 2.24) is 0 Å². The minimum Gasteiger partial charge on any atom is -0.313 e. The van der Waals surface area contributed by atoms with Gasteiger partial charge in [0.1, 0.15) is 0 Å². The molecule has 10 radical (unpaired) electrons. The van der Waals surface area contributed by atoms with Crippen molar-refractivity contribution in [2.45, 2.75) is 6.92 Å². The average molecular weight is 476 g/mol. The van der Waals surface area contributed by atoms with Crippen molar-refractivity contribution in [2.75, 3.05) is 0 Å². The van der Waals surface area contributed by atoms with E-state index >= 15 is 0 Å². The van der Waals surface area contributed by atoms with E-state index in [4.69, 9.17) is 0 Å². The van der Waals surface area contributed by atoms with Crippen molar-refractivity contribution >= 4 is 17.8 Å². The number of rotatable bonds is 4. The molecule has 0 aromatic heterocycles. The Kier molecular flexibility index (Phi) is 9.42. The van der Waals surface area contributed by atoms with Crippen LogP contribution in [0.3, 0.4) is 0 Å². The normalized spacial score (nSPS) is 16.8. The quantitative estimate of drug-likeness (QED) is 0.328. The molecule has 2 aliphatic carbocycles. The summed E-state index contributed by atoms with van der Waals surface area (Å²) in [6.45, 7) is 2.10. The topological polar surface area (TPSA) is 17.1 Å². The van der Waals surface area contributed by atoms with Crippen LogP contribution in [-0.4, -0.2) is 0 Å². The second kappa shape index (κ2) is 12.0. The van der Waals surface area contributed by atoms with Crippen molar-refractivity contribution in [3.05, 3.63) is 159 Å². The van der Waals surface area contributed by atoms with Crippen molar-refractivity contribution in [3.63, 3.8) is 0 Å².